The summed E-state index contributed by atoms with van der Waals surface area (Å²) in [5.74, 6) is -0.288. The summed E-state index contributed by atoms with van der Waals surface area (Å²) in [6, 6.07) is 13.6. The van der Waals surface area contributed by atoms with Gasteiger partial charge in [0.2, 0.25) is 0 Å². The van der Waals surface area contributed by atoms with Crippen LogP contribution in [0.15, 0.2) is 42.5 Å². The number of likely N-dealkylation sites (N-methyl/N-ethyl adjacent to an activating group) is 1. The minimum absolute atomic E-state index is 0.288. The Kier molecular flexibility index (Phi) is 5.77. The van der Waals surface area contributed by atoms with Crippen molar-refractivity contribution in [2.24, 2.45) is 0 Å². The lowest BCUT2D eigenvalue weighted by molar-refractivity contribution is 0.519. The third-order valence-corrected chi connectivity index (χ3v) is 4.14. The zero-order chi connectivity index (χ0) is 15.2. The van der Waals surface area contributed by atoms with E-state index in [0.717, 1.165) is 24.8 Å². The summed E-state index contributed by atoms with van der Waals surface area (Å²) >= 11 is 6.10. The molecule has 0 heterocycles. The van der Waals surface area contributed by atoms with E-state index in [9.17, 15) is 4.39 Å². The summed E-state index contributed by atoms with van der Waals surface area (Å²) in [6.45, 7) is 2.09. The zero-order valence-corrected chi connectivity index (χ0v) is 13.3. The van der Waals surface area contributed by atoms with Crippen molar-refractivity contribution in [1.82, 2.24) is 5.32 Å². The van der Waals surface area contributed by atoms with E-state index < -0.39 is 0 Å². The van der Waals surface area contributed by atoms with E-state index in [2.05, 4.69) is 36.5 Å². The van der Waals surface area contributed by atoms with E-state index in [1.165, 1.54) is 23.3 Å². The van der Waals surface area contributed by atoms with Gasteiger partial charge in [0, 0.05) is 11.1 Å². The summed E-state index contributed by atoms with van der Waals surface area (Å²) in [5, 5.41) is 3.83. The molecule has 1 N–H and O–H groups in total. The number of halogens is 2. The highest BCUT2D eigenvalue weighted by atomic mass is 35.5. The van der Waals surface area contributed by atoms with Gasteiger partial charge in [-0.25, -0.2) is 4.39 Å². The lowest BCUT2D eigenvalue weighted by atomic mass is 9.98. The molecule has 2 aromatic carbocycles. The maximum absolute atomic E-state index is 13.1. The van der Waals surface area contributed by atoms with Crippen molar-refractivity contribution in [3.8, 4) is 0 Å². The fourth-order valence-corrected chi connectivity index (χ4v) is 2.64. The molecule has 0 amide bonds. The highest BCUT2D eigenvalue weighted by Gasteiger charge is 2.10. The maximum Gasteiger partial charge on any atom is 0.124 e. The Bertz CT molecular complexity index is 580. The molecule has 0 bridgehead atoms. The average Bonchev–Trinajstić information content (AvgIpc) is 2.47. The first-order valence-electron chi connectivity index (χ1n) is 7.25. The van der Waals surface area contributed by atoms with E-state index in [-0.39, 0.29) is 5.82 Å². The van der Waals surface area contributed by atoms with Gasteiger partial charge in [-0.1, -0.05) is 47.5 Å². The van der Waals surface area contributed by atoms with Crippen LogP contribution in [0.2, 0.25) is 5.02 Å². The second kappa shape index (κ2) is 7.58. The number of rotatable bonds is 6. The van der Waals surface area contributed by atoms with Gasteiger partial charge in [0.1, 0.15) is 5.82 Å². The van der Waals surface area contributed by atoms with Crippen molar-refractivity contribution < 1.29 is 4.39 Å². The third-order valence-electron chi connectivity index (χ3n) is 3.79. The monoisotopic (exact) mass is 305 g/mol. The van der Waals surface area contributed by atoms with Crippen molar-refractivity contribution >= 4 is 11.6 Å². The van der Waals surface area contributed by atoms with Crippen LogP contribution >= 0.6 is 11.6 Å². The van der Waals surface area contributed by atoms with E-state index in [1.807, 2.05) is 7.05 Å². The smallest absolute Gasteiger partial charge is 0.124 e. The van der Waals surface area contributed by atoms with Crippen LogP contribution in [-0.2, 0) is 12.8 Å². The largest absolute Gasteiger partial charge is 0.317 e. The average molecular weight is 306 g/mol. The van der Waals surface area contributed by atoms with Gasteiger partial charge in [-0.05, 0) is 56.5 Å². The van der Waals surface area contributed by atoms with Crippen molar-refractivity contribution in [1.29, 1.82) is 0 Å². The van der Waals surface area contributed by atoms with Crippen molar-refractivity contribution in [2.75, 3.05) is 7.05 Å². The lowest BCUT2D eigenvalue weighted by Gasteiger charge is -2.17. The Morgan fingerprint density at radius 3 is 2.48 bits per heavy atom. The summed E-state index contributed by atoms with van der Waals surface area (Å²) < 4.78 is 13.1. The molecule has 0 fully saturated rings. The van der Waals surface area contributed by atoms with Gasteiger partial charge in [0.05, 0.1) is 0 Å². The van der Waals surface area contributed by atoms with Crippen molar-refractivity contribution in [2.45, 2.75) is 32.2 Å². The van der Waals surface area contributed by atoms with Crippen LogP contribution in [0.25, 0.3) is 0 Å². The van der Waals surface area contributed by atoms with Crippen LogP contribution in [0.5, 0.6) is 0 Å². The number of nitrogens with one attached hydrogen (secondary N) is 1. The Labute approximate surface area is 131 Å². The quantitative estimate of drug-likeness (QED) is 0.825. The number of hydrogen-bond acceptors (Lipinski definition) is 1. The Balaban J connectivity index is 1.95. The lowest BCUT2D eigenvalue weighted by Crippen LogP contribution is -2.28. The zero-order valence-electron chi connectivity index (χ0n) is 12.5. The van der Waals surface area contributed by atoms with Gasteiger partial charge in [0.15, 0.2) is 0 Å². The normalized spacial score (nSPS) is 12.4. The second-order valence-corrected chi connectivity index (χ2v) is 5.86. The molecule has 0 aliphatic heterocycles. The fraction of sp³-hybridized carbons (Fsp3) is 0.333. The molecule has 3 heteroatoms. The predicted octanol–water partition coefficient (Wildman–Crippen LogP) is 4.55. The molecule has 2 rings (SSSR count). The molecular weight excluding hydrogens is 285 g/mol. The molecule has 0 saturated heterocycles. The third kappa shape index (κ3) is 4.83. The van der Waals surface area contributed by atoms with Crippen LogP contribution in [-0.4, -0.2) is 13.1 Å². The minimum Gasteiger partial charge on any atom is -0.317 e. The van der Waals surface area contributed by atoms with E-state index in [1.54, 1.807) is 6.07 Å². The van der Waals surface area contributed by atoms with Crippen molar-refractivity contribution in [3.05, 3.63) is 70.0 Å². The standard InChI is InChI=1S/C18H21ClFN/c1-13-3-5-14(6-4-13)7-10-17(21-2)11-15-8-9-16(20)12-18(15)19/h3-6,8-9,12,17,21H,7,10-11H2,1-2H3. The summed E-state index contributed by atoms with van der Waals surface area (Å²) in [4.78, 5) is 0. The first-order valence-corrected chi connectivity index (χ1v) is 7.63. The van der Waals surface area contributed by atoms with E-state index in [4.69, 9.17) is 11.6 Å². The Morgan fingerprint density at radius 1 is 1.14 bits per heavy atom. The van der Waals surface area contributed by atoms with Gasteiger partial charge < -0.3 is 5.32 Å². The minimum atomic E-state index is -0.288. The van der Waals surface area contributed by atoms with Gasteiger partial charge in [-0.3, -0.25) is 0 Å². The molecule has 1 atom stereocenters. The molecule has 112 valence electrons. The SMILES string of the molecule is CNC(CCc1ccc(C)cc1)Cc1ccc(F)cc1Cl. The van der Waals surface area contributed by atoms with Crippen LogP contribution in [0.3, 0.4) is 0 Å². The van der Waals surface area contributed by atoms with Gasteiger partial charge >= 0.3 is 0 Å². The second-order valence-electron chi connectivity index (χ2n) is 5.45. The van der Waals surface area contributed by atoms with Crippen LogP contribution in [0.1, 0.15) is 23.1 Å². The molecule has 1 unspecified atom stereocenters. The molecule has 1 nitrogen and oxygen atoms in total. The first kappa shape index (κ1) is 16.0. The highest BCUT2D eigenvalue weighted by Crippen LogP contribution is 2.20. The summed E-state index contributed by atoms with van der Waals surface area (Å²) in [7, 11) is 1.96. The molecule has 0 radical (unpaired) electrons. The Morgan fingerprint density at radius 2 is 1.86 bits per heavy atom. The van der Waals surface area contributed by atoms with Gasteiger partial charge in [-0.2, -0.15) is 0 Å². The number of benzene rings is 2. The molecule has 0 aliphatic rings. The van der Waals surface area contributed by atoms with Gasteiger partial charge in [-0.15, -0.1) is 0 Å². The summed E-state index contributed by atoms with van der Waals surface area (Å²) in [6.07, 6.45) is 2.85. The van der Waals surface area contributed by atoms with E-state index >= 15 is 0 Å². The van der Waals surface area contributed by atoms with Crippen molar-refractivity contribution in [3.63, 3.8) is 0 Å². The van der Waals surface area contributed by atoms with E-state index in [0.29, 0.717) is 11.1 Å². The molecule has 0 spiro atoms. The predicted molar refractivity (Wildman–Crippen MR) is 87.5 cm³/mol. The molecule has 0 aromatic heterocycles. The summed E-state index contributed by atoms with van der Waals surface area (Å²) in [5.41, 5.74) is 3.61. The molecule has 21 heavy (non-hydrogen) atoms. The number of aryl methyl sites for hydroxylation is 2. The molecule has 0 saturated carbocycles. The Hall–Kier alpha value is -1.38. The maximum atomic E-state index is 13.1. The van der Waals surface area contributed by atoms with Gasteiger partial charge in [0.25, 0.3) is 0 Å². The molecule has 0 aliphatic carbocycles. The molecule has 2 aromatic rings. The van der Waals surface area contributed by atoms with Crippen LogP contribution in [0.4, 0.5) is 4.39 Å². The molecular formula is C18H21ClFN. The fourth-order valence-electron chi connectivity index (χ4n) is 2.40. The first-order chi connectivity index (χ1) is 10.1. The highest BCUT2D eigenvalue weighted by molar-refractivity contribution is 6.31. The topological polar surface area (TPSA) is 12.0 Å². The van der Waals surface area contributed by atoms with Crippen LogP contribution < -0.4 is 5.32 Å². The van der Waals surface area contributed by atoms with Crippen LogP contribution in [0, 0.1) is 12.7 Å². The number of hydrogen-bond donors (Lipinski definition) is 1.